The molecule has 2 aliphatic heterocycles. The molecule has 12 heteroatoms. The van der Waals surface area contributed by atoms with E-state index in [2.05, 4.69) is 14.9 Å². The molecule has 0 radical (unpaired) electrons. The number of piperazine rings is 1. The molecule has 226 valence electrons. The van der Waals surface area contributed by atoms with E-state index in [-0.39, 0.29) is 35.4 Å². The topological polar surface area (TPSA) is 112 Å². The Morgan fingerprint density at radius 3 is 2.42 bits per heavy atom. The minimum atomic E-state index is -3.07. The highest BCUT2D eigenvalue weighted by atomic mass is 32.2. The fraction of sp³-hybridized carbons (Fsp3) is 0.387. The van der Waals surface area contributed by atoms with E-state index < -0.39 is 9.84 Å². The van der Waals surface area contributed by atoms with E-state index in [0.717, 1.165) is 11.1 Å². The molecule has 2 aromatic heterocycles. The van der Waals surface area contributed by atoms with Gasteiger partial charge >= 0.3 is 0 Å². The van der Waals surface area contributed by atoms with Crippen LogP contribution in [0.25, 0.3) is 21.9 Å². The number of anilines is 2. The summed E-state index contributed by atoms with van der Waals surface area (Å²) in [6.07, 6.45) is 7.51. The van der Waals surface area contributed by atoms with E-state index in [9.17, 15) is 22.7 Å². The van der Waals surface area contributed by atoms with Gasteiger partial charge < -0.3 is 24.4 Å². The molecule has 1 unspecified atom stereocenters. The molecule has 0 bridgehead atoms. The molecular formula is C31H35FN6O4S. The number of benzene rings is 2. The van der Waals surface area contributed by atoms with Crippen molar-refractivity contribution in [3.63, 3.8) is 0 Å². The molecule has 2 fully saturated rings. The number of nitrogens with zero attached hydrogens (tertiary/aromatic N) is 6. The molecule has 1 atom stereocenters. The van der Waals surface area contributed by atoms with Crippen LogP contribution in [0.2, 0.25) is 0 Å². The normalized spacial score (nSPS) is 18.4. The van der Waals surface area contributed by atoms with E-state index in [1.807, 2.05) is 41.0 Å². The highest BCUT2D eigenvalue weighted by Gasteiger charge is 2.30. The summed E-state index contributed by atoms with van der Waals surface area (Å²) >= 11 is 0. The van der Waals surface area contributed by atoms with Crippen LogP contribution in [-0.4, -0.2) is 89.1 Å². The van der Waals surface area contributed by atoms with Crippen molar-refractivity contribution in [1.29, 1.82) is 0 Å². The number of halogens is 1. The fourth-order valence-electron chi connectivity index (χ4n) is 6.22. The van der Waals surface area contributed by atoms with Crippen molar-refractivity contribution in [2.75, 3.05) is 48.8 Å². The number of carbonyl (C=O) groups excluding carboxylic acids is 1. The number of hydrogen-bond donors (Lipinski definition) is 1. The first kappa shape index (κ1) is 28.9. The SMILES string of the molecule is CC1CN(c2ccc(F)cc2-c2cnc(N3CCC(S(C)(=O)=O)CC3)nc2)CCN1C(=O)Cn1cc2ccccc2c1O. The van der Waals surface area contributed by atoms with Gasteiger partial charge in [-0.2, -0.15) is 0 Å². The quantitative estimate of drug-likeness (QED) is 0.354. The summed E-state index contributed by atoms with van der Waals surface area (Å²) < 4.78 is 39.8. The van der Waals surface area contributed by atoms with E-state index in [1.54, 1.807) is 29.2 Å². The summed E-state index contributed by atoms with van der Waals surface area (Å²) in [5, 5.41) is 11.9. The average Bonchev–Trinajstić information content (AvgIpc) is 3.31. The van der Waals surface area contributed by atoms with Gasteiger partial charge in [0.2, 0.25) is 11.9 Å². The molecule has 0 spiro atoms. The molecule has 43 heavy (non-hydrogen) atoms. The first-order chi connectivity index (χ1) is 20.6. The van der Waals surface area contributed by atoms with Crippen molar-refractivity contribution in [1.82, 2.24) is 19.4 Å². The molecule has 1 amide bonds. The van der Waals surface area contributed by atoms with Gasteiger partial charge in [-0.1, -0.05) is 18.2 Å². The highest BCUT2D eigenvalue weighted by Crippen LogP contribution is 2.34. The maximum absolute atomic E-state index is 14.5. The van der Waals surface area contributed by atoms with Gasteiger partial charge in [0.25, 0.3) is 0 Å². The van der Waals surface area contributed by atoms with Gasteiger partial charge in [-0.3, -0.25) is 4.79 Å². The van der Waals surface area contributed by atoms with Gasteiger partial charge in [0.05, 0.1) is 5.25 Å². The maximum Gasteiger partial charge on any atom is 0.242 e. The third-order valence-corrected chi connectivity index (χ3v) is 10.3. The number of sulfone groups is 1. The number of rotatable bonds is 6. The second kappa shape index (κ2) is 11.5. The highest BCUT2D eigenvalue weighted by molar-refractivity contribution is 7.91. The molecule has 0 saturated carbocycles. The molecular weight excluding hydrogens is 571 g/mol. The predicted octanol–water partition coefficient (Wildman–Crippen LogP) is 3.69. The van der Waals surface area contributed by atoms with Crippen molar-refractivity contribution in [3.05, 3.63) is 66.9 Å². The van der Waals surface area contributed by atoms with Gasteiger partial charge in [-0.15, -0.1) is 0 Å². The number of aromatic nitrogens is 3. The van der Waals surface area contributed by atoms with Crippen LogP contribution in [-0.2, 0) is 21.2 Å². The molecule has 4 aromatic rings. The Kier molecular flexibility index (Phi) is 7.72. The Labute approximate surface area is 250 Å². The lowest BCUT2D eigenvalue weighted by Crippen LogP contribution is -2.54. The van der Waals surface area contributed by atoms with Gasteiger partial charge in [0.1, 0.15) is 22.2 Å². The average molecular weight is 607 g/mol. The molecule has 0 aliphatic carbocycles. The zero-order chi connectivity index (χ0) is 30.3. The zero-order valence-electron chi connectivity index (χ0n) is 24.2. The Morgan fingerprint density at radius 2 is 1.74 bits per heavy atom. The minimum Gasteiger partial charge on any atom is -0.494 e. The van der Waals surface area contributed by atoms with Gasteiger partial charge in [-0.05, 0) is 44.0 Å². The predicted molar refractivity (Wildman–Crippen MR) is 164 cm³/mol. The second-order valence-corrected chi connectivity index (χ2v) is 13.8. The summed E-state index contributed by atoms with van der Waals surface area (Å²) in [6.45, 7) is 4.75. The number of aromatic hydroxyl groups is 1. The standard InChI is InChI=1S/C31H35FN6O4S/c1-21-18-36(13-14-38(21)29(39)20-37-19-22-5-3-4-6-26(22)30(37)40)28-8-7-24(32)15-27(28)23-16-33-31(34-17-23)35-11-9-25(10-12-35)43(2,41)42/h3-8,15-17,19,21,25,40H,9-14,18,20H2,1-2H3. The summed E-state index contributed by atoms with van der Waals surface area (Å²) in [5.41, 5.74) is 2.17. The van der Waals surface area contributed by atoms with Crippen molar-refractivity contribution in [2.24, 2.45) is 0 Å². The van der Waals surface area contributed by atoms with Crippen LogP contribution in [0, 0.1) is 5.82 Å². The van der Waals surface area contributed by atoms with E-state index in [0.29, 0.717) is 68.0 Å². The first-order valence-corrected chi connectivity index (χ1v) is 16.4. The van der Waals surface area contributed by atoms with Crippen LogP contribution in [0.5, 0.6) is 5.88 Å². The third-order valence-electron chi connectivity index (χ3n) is 8.60. The minimum absolute atomic E-state index is 0.0439. The van der Waals surface area contributed by atoms with Gasteiger partial charge in [0, 0.05) is 91.2 Å². The lowest BCUT2D eigenvalue weighted by atomic mass is 10.0. The number of hydrogen-bond acceptors (Lipinski definition) is 8. The van der Waals surface area contributed by atoms with Crippen LogP contribution in [0.3, 0.4) is 0 Å². The Balaban J connectivity index is 1.15. The fourth-order valence-corrected chi connectivity index (χ4v) is 7.29. The number of piperidine rings is 1. The maximum atomic E-state index is 14.5. The monoisotopic (exact) mass is 606 g/mol. The van der Waals surface area contributed by atoms with E-state index >= 15 is 0 Å². The Bertz CT molecular complexity index is 1750. The van der Waals surface area contributed by atoms with E-state index in [4.69, 9.17) is 0 Å². The third kappa shape index (κ3) is 5.88. The molecule has 2 aromatic carbocycles. The first-order valence-electron chi connectivity index (χ1n) is 14.5. The van der Waals surface area contributed by atoms with Crippen molar-refractivity contribution in [3.8, 4) is 17.0 Å². The molecule has 2 saturated heterocycles. The smallest absolute Gasteiger partial charge is 0.242 e. The van der Waals surface area contributed by atoms with Crippen LogP contribution in [0.1, 0.15) is 19.8 Å². The van der Waals surface area contributed by atoms with Crippen molar-refractivity contribution >= 4 is 38.2 Å². The summed E-state index contributed by atoms with van der Waals surface area (Å²) in [6, 6.07) is 12.0. The van der Waals surface area contributed by atoms with Gasteiger partial charge in [-0.25, -0.2) is 22.8 Å². The molecule has 6 rings (SSSR count). The lowest BCUT2D eigenvalue weighted by Gasteiger charge is -2.41. The second-order valence-electron chi connectivity index (χ2n) is 11.5. The summed E-state index contributed by atoms with van der Waals surface area (Å²) in [4.78, 5) is 28.3. The van der Waals surface area contributed by atoms with Crippen LogP contribution >= 0.6 is 0 Å². The summed E-state index contributed by atoms with van der Waals surface area (Å²) in [7, 11) is -3.07. The van der Waals surface area contributed by atoms with Crippen LogP contribution in [0.15, 0.2) is 61.1 Å². The van der Waals surface area contributed by atoms with Crippen LogP contribution < -0.4 is 9.80 Å². The van der Waals surface area contributed by atoms with Crippen molar-refractivity contribution < 1.29 is 22.7 Å². The number of amides is 1. The number of fused-ring (bicyclic) bond motifs is 1. The number of carbonyl (C=O) groups is 1. The Morgan fingerprint density at radius 1 is 1.02 bits per heavy atom. The largest absolute Gasteiger partial charge is 0.494 e. The molecule has 10 nitrogen and oxygen atoms in total. The van der Waals surface area contributed by atoms with Gasteiger partial charge in [0.15, 0.2) is 5.88 Å². The molecule has 1 N–H and O–H groups in total. The zero-order valence-corrected chi connectivity index (χ0v) is 25.0. The lowest BCUT2D eigenvalue weighted by molar-refractivity contribution is -0.134. The molecule has 4 heterocycles. The van der Waals surface area contributed by atoms with Crippen molar-refractivity contribution in [2.45, 2.75) is 37.6 Å². The molecule has 2 aliphatic rings. The van der Waals surface area contributed by atoms with Crippen LogP contribution in [0.4, 0.5) is 16.0 Å². The Hall–Kier alpha value is -4.19. The van der Waals surface area contributed by atoms with E-state index in [1.165, 1.54) is 18.4 Å². The summed E-state index contributed by atoms with van der Waals surface area (Å²) in [5.74, 6) is 0.159.